The van der Waals surface area contributed by atoms with Crippen molar-refractivity contribution in [3.05, 3.63) is 64.0 Å². The number of hydrogen-bond acceptors (Lipinski definition) is 6. The molecule has 0 fully saturated rings. The molecule has 0 saturated heterocycles. The van der Waals surface area contributed by atoms with Gasteiger partial charge < -0.3 is 23.7 Å². The molecular formula is C26H30N2O5. The summed E-state index contributed by atoms with van der Waals surface area (Å²) in [5.41, 5.74) is 2.54. The lowest BCUT2D eigenvalue weighted by atomic mass is 10.0. The smallest absolute Gasteiger partial charge is 0.339 e. The number of amides is 1. The fourth-order valence-corrected chi connectivity index (χ4v) is 4.39. The van der Waals surface area contributed by atoms with Gasteiger partial charge in [-0.05, 0) is 50.1 Å². The van der Waals surface area contributed by atoms with Gasteiger partial charge in [-0.15, -0.1) is 0 Å². The van der Waals surface area contributed by atoms with E-state index >= 15 is 0 Å². The first-order valence-corrected chi connectivity index (χ1v) is 11.3. The summed E-state index contributed by atoms with van der Waals surface area (Å²) in [6.45, 7) is 6.08. The number of likely N-dealkylation sites (N-methyl/N-ethyl adjacent to an activating group) is 2. The number of hydrogen-bond donors (Lipinski definition) is 0. The molecule has 1 unspecified atom stereocenters. The highest BCUT2D eigenvalue weighted by atomic mass is 16.5. The SMILES string of the molecule is CCN1CC(CN(C)C(=O)CCc2c(C)c3ccc(OC)cc3oc2=O)Oc2ccccc21. The van der Waals surface area contributed by atoms with Gasteiger partial charge in [-0.25, -0.2) is 4.79 Å². The van der Waals surface area contributed by atoms with Crippen LogP contribution in [0, 0.1) is 6.92 Å². The second-order valence-electron chi connectivity index (χ2n) is 8.38. The van der Waals surface area contributed by atoms with Crippen LogP contribution in [-0.2, 0) is 11.2 Å². The van der Waals surface area contributed by atoms with Gasteiger partial charge in [0.2, 0.25) is 5.91 Å². The van der Waals surface area contributed by atoms with Crippen molar-refractivity contribution in [2.45, 2.75) is 32.8 Å². The molecular weight excluding hydrogens is 420 g/mol. The first-order chi connectivity index (χ1) is 15.9. The molecule has 0 radical (unpaired) electrons. The molecule has 0 bridgehead atoms. The molecule has 2 heterocycles. The molecule has 4 rings (SSSR count). The van der Waals surface area contributed by atoms with Crippen molar-refractivity contribution in [1.29, 1.82) is 0 Å². The minimum absolute atomic E-state index is 0.0332. The van der Waals surface area contributed by atoms with Crippen molar-refractivity contribution in [2.75, 3.05) is 38.7 Å². The minimum atomic E-state index is -0.408. The van der Waals surface area contributed by atoms with Gasteiger partial charge in [0.15, 0.2) is 0 Å². The Hall–Kier alpha value is -3.48. The number of ether oxygens (including phenoxy) is 2. The Labute approximate surface area is 193 Å². The summed E-state index contributed by atoms with van der Waals surface area (Å²) < 4.78 is 16.9. The zero-order chi connectivity index (χ0) is 23.5. The summed E-state index contributed by atoms with van der Waals surface area (Å²) in [5.74, 6) is 1.44. The molecule has 2 aromatic carbocycles. The number of anilines is 1. The maximum absolute atomic E-state index is 12.9. The maximum Gasteiger partial charge on any atom is 0.339 e. The van der Waals surface area contributed by atoms with Crippen molar-refractivity contribution in [2.24, 2.45) is 0 Å². The zero-order valence-electron chi connectivity index (χ0n) is 19.6. The molecule has 7 nitrogen and oxygen atoms in total. The van der Waals surface area contributed by atoms with Crippen LogP contribution in [0.1, 0.15) is 24.5 Å². The highest BCUT2D eigenvalue weighted by Gasteiger charge is 2.26. The molecule has 0 spiro atoms. The van der Waals surface area contributed by atoms with Gasteiger partial charge >= 0.3 is 5.63 Å². The summed E-state index contributed by atoms with van der Waals surface area (Å²) in [5, 5.41) is 0.847. The van der Waals surface area contributed by atoms with E-state index in [1.54, 1.807) is 25.1 Å². The molecule has 1 aliphatic heterocycles. The van der Waals surface area contributed by atoms with Gasteiger partial charge in [0.1, 0.15) is 23.2 Å². The predicted octanol–water partition coefficient (Wildman–Crippen LogP) is 3.79. The van der Waals surface area contributed by atoms with E-state index in [0.29, 0.717) is 29.9 Å². The van der Waals surface area contributed by atoms with E-state index in [1.807, 2.05) is 37.3 Å². The Morgan fingerprint density at radius 1 is 1.24 bits per heavy atom. The zero-order valence-corrected chi connectivity index (χ0v) is 19.6. The highest BCUT2D eigenvalue weighted by Crippen LogP contribution is 2.33. The van der Waals surface area contributed by atoms with Gasteiger partial charge in [-0.2, -0.15) is 0 Å². The molecule has 174 valence electrons. The van der Waals surface area contributed by atoms with Crippen LogP contribution in [0.25, 0.3) is 11.0 Å². The molecule has 1 amide bonds. The Bertz CT molecular complexity index is 1220. The van der Waals surface area contributed by atoms with Gasteiger partial charge in [0.05, 0.1) is 25.9 Å². The summed E-state index contributed by atoms with van der Waals surface area (Å²) in [6.07, 6.45) is 0.440. The number of carbonyl (C=O) groups is 1. The summed E-state index contributed by atoms with van der Waals surface area (Å²) in [7, 11) is 3.35. The van der Waals surface area contributed by atoms with Crippen LogP contribution in [0.15, 0.2) is 51.7 Å². The maximum atomic E-state index is 12.9. The third-order valence-electron chi connectivity index (χ3n) is 6.29. The van der Waals surface area contributed by atoms with Gasteiger partial charge in [-0.3, -0.25) is 4.79 Å². The molecule has 3 aromatic rings. The summed E-state index contributed by atoms with van der Waals surface area (Å²) in [6, 6.07) is 13.4. The van der Waals surface area contributed by atoms with Crippen molar-refractivity contribution >= 4 is 22.6 Å². The minimum Gasteiger partial charge on any atom is -0.497 e. The van der Waals surface area contributed by atoms with Crippen LogP contribution in [-0.4, -0.2) is 50.7 Å². The number of nitrogens with zero attached hydrogens (tertiary/aromatic N) is 2. The van der Waals surface area contributed by atoms with Gasteiger partial charge in [0.25, 0.3) is 0 Å². The summed E-state index contributed by atoms with van der Waals surface area (Å²) >= 11 is 0. The molecule has 7 heteroatoms. The lowest BCUT2D eigenvalue weighted by Crippen LogP contribution is -2.46. The average Bonchev–Trinajstić information content (AvgIpc) is 2.82. The number of aryl methyl sites for hydroxylation is 1. The second kappa shape index (κ2) is 9.57. The van der Waals surface area contributed by atoms with E-state index in [2.05, 4.69) is 17.9 Å². The number of para-hydroxylation sites is 2. The van der Waals surface area contributed by atoms with Crippen molar-refractivity contribution in [3.8, 4) is 11.5 Å². The van der Waals surface area contributed by atoms with E-state index in [-0.39, 0.29) is 18.4 Å². The molecule has 0 saturated carbocycles. The Kier molecular flexibility index (Phi) is 6.58. The van der Waals surface area contributed by atoms with Crippen LogP contribution in [0.5, 0.6) is 11.5 Å². The van der Waals surface area contributed by atoms with Crippen molar-refractivity contribution in [1.82, 2.24) is 4.90 Å². The first kappa shape index (κ1) is 22.7. The van der Waals surface area contributed by atoms with Crippen LogP contribution < -0.4 is 20.0 Å². The monoisotopic (exact) mass is 450 g/mol. The van der Waals surface area contributed by atoms with Crippen LogP contribution in [0.2, 0.25) is 0 Å². The van der Waals surface area contributed by atoms with E-state index in [0.717, 1.165) is 35.5 Å². The second-order valence-corrected chi connectivity index (χ2v) is 8.38. The molecule has 0 aliphatic carbocycles. The summed E-state index contributed by atoms with van der Waals surface area (Å²) in [4.78, 5) is 29.4. The quantitative estimate of drug-likeness (QED) is 0.510. The van der Waals surface area contributed by atoms with E-state index in [4.69, 9.17) is 13.9 Å². The van der Waals surface area contributed by atoms with Crippen LogP contribution in [0.3, 0.4) is 0 Å². The molecule has 1 aliphatic rings. The highest BCUT2D eigenvalue weighted by molar-refractivity contribution is 5.82. The standard InChI is InChI=1S/C26H30N2O5/c1-5-28-16-19(32-23-9-7-6-8-22(23)28)15-27(3)25(29)13-12-21-17(2)20-11-10-18(31-4)14-24(20)33-26(21)30/h6-11,14,19H,5,12-13,15-16H2,1-4H3. The molecule has 1 atom stereocenters. The fourth-order valence-electron chi connectivity index (χ4n) is 4.39. The topological polar surface area (TPSA) is 72.2 Å². The number of fused-ring (bicyclic) bond motifs is 2. The van der Waals surface area contributed by atoms with Gasteiger partial charge in [0, 0.05) is 37.0 Å². The predicted molar refractivity (Wildman–Crippen MR) is 128 cm³/mol. The number of carbonyl (C=O) groups excluding carboxylic acids is 1. The molecule has 0 N–H and O–H groups in total. The lowest BCUT2D eigenvalue weighted by molar-refractivity contribution is -0.130. The third kappa shape index (κ3) is 4.67. The number of benzene rings is 2. The number of rotatable bonds is 7. The largest absolute Gasteiger partial charge is 0.497 e. The average molecular weight is 451 g/mol. The Balaban J connectivity index is 1.42. The van der Waals surface area contributed by atoms with Crippen LogP contribution >= 0.6 is 0 Å². The Morgan fingerprint density at radius 3 is 2.79 bits per heavy atom. The third-order valence-corrected chi connectivity index (χ3v) is 6.29. The Morgan fingerprint density at radius 2 is 2.03 bits per heavy atom. The normalized spacial score (nSPS) is 15.2. The van der Waals surface area contributed by atoms with E-state index in [9.17, 15) is 9.59 Å². The van der Waals surface area contributed by atoms with E-state index < -0.39 is 5.63 Å². The van der Waals surface area contributed by atoms with Crippen molar-refractivity contribution < 1.29 is 18.7 Å². The molecule has 33 heavy (non-hydrogen) atoms. The van der Waals surface area contributed by atoms with Crippen molar-refractivity contribution in [3.63, 3.8) is 0 Å². The van der Waals surface area contributed by atoms with Gasteiger partial charge in [-0.1, -0.05) is 12.1 Å². The van der Waals surface area contributed by atoms with Crippen LogP contribution in [0.4, 0.5) is 5.69 Å². The lowest BCUT2D eigenvalue weighted by Gasteiger charge is -2.37. The molecule has 1 aromatic heterocycles. The number of methoxy groups -OCH3 is 1. The van der Waals surface area contributed by atoms with E-state index in [1.165, 1.54) is 0 Å². The first-order valence-electron chi connectivity index (χ1n) is 11.3. The fraction of sp³-hybridized carbons (Fsp3) is 0.385.